The van der Waals surface area contributed by atoms with Gasteiger partial charge < -0.3 is 5.32 Å². The summed E-state index contributed by atoms with van der Waals surface area (Å²) in [5, 5.41) is 2.39. The van der Waals surface area contributed by atoms with Crippen LogP contribution in [-0.4, -0.2) is 28.7 Å². The van der Waals surface area contributed by atoms with Crippen LogP contribution >= 0.6 is 34.8 Å². The highest BCUT2D eigenvalue weighted by Crippen LogP contribution is 2.32. The first-order chi connectivity index (χ1) is 12.2. The van der Waals surface area contributed by atoms with Crippen molar-refractivity contribution in [3.63, 3.8) is 0 Å². The molecule has 5 nitrogen and oxygen atoms in total. The van der Waals surface area contributed by atoms with Gasteiger partial charge in [-0.2, -0.15) is 0 Å². The second-order valence-corrected chi connectivity index (χ2v) is 6.78. The Morgan fingerprint density at radius 1 is 1.04 bits per heavy atom. The minimum absolute atomic E-state index is 0.0537. The molecule has 0 spiro atoms. The van der Waals surface area contributed by atoms with Crippen LogP contribution in [-0.2, 0) is 4.79 Å². The molecule has 2 aromatic carbocycles. The average Bonchev–Trinajstić information content (AvgIpc) is 2.82. The number of carbonyl (C=O) groups excluding carboxylic acids is 3. The van der Waals surface area contributed by atoms with Crippen molar-refractivity contribution in [2.75, 3.05) is 5.32 Å². The molecule has 0 unspecified atom stereocenters. The number of amides is 3. The van der Waals surface area contributed by atoms with E-state index in [1.165, 1.54) is 37.3 Å². The molecule has 0 aliphatic carbocycles. The van der Waals surface area contributed by atoms with Gasteiger partial charge in [0, 0.05) is 0 Å². The lowest BCUT2D eigenvalue weighted by molar-refractivity contribution is -0.119. The Morgan fingerprint density at radius 2 is 1.58 bits per heavy atom. The first kappa shape index (κ1) is 18.6. The van der Waals surface area contributed by atoms with E-state index in [9.17, 15) is 18.8 Å². The van der Waals surface area contributed by atoms with E-state index in [0.717, 1.165) is 4.90 Å². The van der Waals surface area contributed by atoms with Gasteiger partial charge in [-0.1, -0.05) is 40.9 Å². The molecule has 1 aliphatic heterocycles. The van der Waals surface area contributed by atoms with Crippen LogP contribution in [0.1, 0.15) is 27.6 Å². The lowest BCUT2D eigenvalue weighted by Gasteiger charge is -2.21. The summed E-state index contributed by atoms with van der Waals surface area (Å²) >= 11 is 17.4. The van der Waals surface area contributed by atoms with E-state index in [2.05, 4.69) is 5.32 Å². The van der Waals surface area contributed by atoms with E-state index in [-0.39, 0.29) is 31.9 Å². The number of fused-ring (bicyclic) bond motifs is 1. The molecule has 3 rings (SSSR count). The fourth-order valence-electron chi connectivity index (χ4n) is 2.56. The maximum absolute atomic E-state index is 13.9. The van der Waals surface area contributed by atoms with Crippen molar-refractivity contribution < 1.29 is 18.8 Å². The molecule has 26 heavy (non-hydrogen) atoms. The van der Waals surface area contributed by atoms with Gasteiger partial charge in [0.25, 0.3) is 11.8 Å². The molecule has 9 heteroatoms. The summed E-state index contributed by atoms with van der Waals surface area (Å²) < 4.78 is 13.9. The normalized spacial score (nSPS) is 14.4. The molecule has 0 bridgehead atoms. The Morgan fingerprint density at radius 3 is 2.12 bits per heavy atom. The fraction of sp³-hybridized carbons (Fsp3) is 0.118. The third-order valence-corrected chi connectivity index (χ3v) is 4.95. The lowest BCUT2D eigenvalue weighted by Crippen LogP contribution is -2.45. The lowest BCUT2D eigenvalue weighted by atomic mass is 10.1. The molecule has 1 atom stereocenters. The van der Waals surface area contributed by atoms with Crippen molar-refractivity contribution in [2.45, 2.75) is 13.0 Å². The average molecular weight is 416 g/mol. The molecule has 1 aliphatic rings. The number of hydrogen-bond donors (Lipinski definition) is 1. The van der Waals surface area contributed by atoms with Crippen molar-refractivity contribution in [3.8, 4) is 0 Å². The third kappa shape index (κ3) is 3.05. The predicted octanol–water partition coefficient (Wildman–Crippen LogP) is 4.41. The van der Waals surface area contributed by atoms with Crippen LogP contribution in [0.15, 0.2) is 30.3 Å². The third-order valence-electron chi connectivity index (χ3n) is 3.94. The molecular formula is C17H10Cl3FN2O3. The summed E-state index contributed by atoms with van der Waals surface area (Å²) in [7, 11) is 0. The zero-order chi connectivity index (χ0) is 19.2. The van der Waals surface area contributed by atoms with E-state index in [1.54, 1.807) is 0 Å². The van der Waals surface area contributed by atoms with Gasteiger partial charge in [0.1, 0.15) is 6.04 Å². The van der Waals surface area contributed by atoms with Crippen molar-refractivity contribution in [1.82, 2.24) is 4.90 Å². The molecule has 0 fully saturated rings. The maximum Gasteiger partial charge on any atom is 0.262 e. The predicted molar refractivity (Wildman–Crippen MR) is 96.5 cm³/mol. The minimum Gasteiger partial charge on any atom is -0.322 e. The highest BCUT2D eigenvalue weighted by Gasteiger charge is 2.41. The van der Waals surface area contributed by atoms with Crippen LogP contribution in [0.2, 0.25) is 15.1 Å². The second kappa shape index (κ2) is 6.87. The number of halogens is 4. The van der Waals surface area contributed by atoms with Gasteiger partial charge in [-0.25, -0.2) is 4.39 Å². The Bertz CT molecular complexity index is 924. The number of nitrogens with one attached hydrogen (secondary N) is 1. The summed E-state index contributed by atoms with van der Waals surface area (Å²) in [6, 6.07) is 5.46. The van der Waals surface area contributed by atoms with Crippen LogP contribution in [0.3, 0.4) is 0 Å². The Balaban J connectivity index is 1.87. The van der Waals surface area contributed by atoms with Crippen molar-refractivity contribution in [1.29, 1.82) is 0 Å². The molecule has 1 heterocycles. The van der Waals surface area contributed by atoms with Crippen LogP contribution in [0.25, 0.3) is 0 Å². The van der Waals surface area contributed by atoms with Gasteiger partial charge in [-0.3, -0.25) is 19.3 Å². The number of hydrogen-bond acceptors (Lipinski definition) is 3. The summed E-state index contributed by atoms with van der Waals surface area (Å²) in [6.07, 6.45) is 0. The van der Waals surface area contributed by atoms with Crippen molar-refractivity contribution >= 4 is 58.2 Å². The van der Waals surface area contributed by atoms with Gasteiger partial charge in [-0.05, 0) is 31.2 Å². The first-order valence-electron chi connectivity index (χ1n) is 7.34. The molecule has 2 aromatic rings. The number of rotatable bonds is 3. The SMILES string of the molecule is C[C@@H](C(=O)Nc1cccc(Cl)c1F)N1C(=O)c2cc(Cl)c(Cl)cc2C1=O. The van der Waals surface area contributed by atoms with E-state index < -0.39 is 29.6 Å². The fourth-order valence-corrected chi connectivity index (χ4v) is 3.06. The van der Waals surface area contributed by atoms with Crippen molar-refractivity contribution in [3.05, 3.63) is 62.3 Å². The monoisotopic (exact) mass is 414 g/mol. The van der Waals surface area contributed by atoms with Gasteiger partial charge in [0.05, 0.1) is 31.9 Å². The molecule has 134 valence electrons. The maximum atomic E-state index is 13.9. The van der Waals surface area contributed by atoms with E-state index in [0.29, 0.717) is 0 Å². The second-order valence-electron chi connectivity index (χ2n) is 5.56. The van der Waals surface area contributed by atoms with Gasteiger partial charge >= 0.3 is 0 Å². The number of carbonyl (C=O) groups is 3. The number of nitrogens with zero attached hydrogens (tertiary/aromatic N) is 1. The zero-order valence-electron chi connectivity index (χ0n) is 13.1. The van der Waals surface area contributed by atoms with Crippen LogP contribution in [0.4, 0.5) is 10.1 Å². The summed E-state index contributed by atoms with van der Waals surface area (Å²) in [6.45, 7) is 1.35. The molecule has 1 N–H and O–H groups in total. The Labute approximate surface area is 162 Å². The minimum atomic E-state index is -1.20. The number of anilines is 1. The smallest absolute Gasteiger partial charge is 0.262 e. The van der Waals surface area contributed by atoms with Crippen molar-refractivity contribution in [2.24, 2.45) is 0 Å². The van der Waals surface area contributed by atoms with Gasteiger partial charge in [0.2, 0.25) is 5.91 Å². The van der Waals surface area contributed by atoms with Crippen LogP contribution in [0.5, 0.6) is 0 Å². The first-order valence-corrected chi connectivity index (χ1v) is 8.47. The molecular weight excluding hydrogens is 406 g/mol. The van der Waals surface area contributed by atoms with E-state index >= 15 is 0 Å². The topological polar surface area (TPSA) is 66.5 Å². The highest BCUT2D eigenvalue weighted by molar-refractivity contribution is 6.43. The quantitative estimate of drug-likeness (QED) is 0.755. The molecule has 0 saturated carbocycles. The van der Waals surface area contributed by atoms with E-state index in [4.69, 9.17) is 34.8 Å². The zero-order valence-corrected chi connectivity index (χ0v) is 15.4. The molecule has 0 saturated heterocycles. The van der Waals surface area contributed by atoms with Gasteiger partial charge in [0.15, 0.2) is 5.82 Å². The van der Waals surface area contributed by atoms with E-state index in [1.807, 2.05) is 0 Å². The Kier molecular flexibility index (Phi) is 4.92. The number of benzene rings is 2. The summed E-state index contributed by atoms with van der Waals surface area (Å²) in [4.78, 5) is 38.2. The summed E-state index contributed by atoms with van der Waals surface area (Å²) in [5.74, 6) is -2.93. The standard InChI is InChI=1S/C17H10Cl3FN2O3/c1-7(15(24)22-13-4-2-3-10(18)14(13)21)23-16(25)8-5-11(19)12(20)6-9(8)17(23)26/h2-7H,1H3,(H,22,24)/t7-/m0/s1. The van der Waals surface area contributed by atoms with Gasteiger partial charge in [-0.15, -0.1) is 0 Å². The molecule has 3 amide bonds. The summed E-state index contributed by atoms with van der Waals surface area (Å²) in [5.41, 5.74) is -0.0481. The molecule has 0 aromatic heterocycles. The largest absolute Gasteiger partial charge is 0.322 e. The Hall–Kier alpha value is -2.15. The number of imide groups is 1. The highest BCUT2D eigenvalue weighted by atomic mass is 35.5. The molecule has 0 radical (unpaired) electrons. The van der Waals surface area contributed by atoms with Crippen LogP contribution < -0.4 is 5.32 Å². The van der Waals surface area contributed by atoms with Crippen LogP contribution in [0, 0.1) is 5.82 Å².